The van der Waals surface area contributed by atoms with Crippen molar-refractivity contribution in [2.45, 2.75) is 38.8 Å². The molecule has 0 bridgehead atoms. The van der Waals surface area contributed by atoms with Gasteiger partial charge in [-0.3, -0.25) is 9.69 Å². The van der Waals surface area contributed by atoms with Crippen LogP contribution < -0.4 is 0 Å². The SMILES string of the molecule is CC(C)N(C)C1CCCN(C=O)C1.CN(C)C. The fourth-order valence-corrected chi connectivity index (χ4v) is 1.83. The summed E-state index contributed by atoms with van der Waals surface area (Å²) in [4.78, 5) is 16.8. The molecule has 0 radical (unpaired) electrons. The Labute approximate surface area is 107 Å². The van der Waals surface area contributed by atoms with Crippen molar-refractivity contribution in [3.05, 3.63) is 0 Å². The molecule has 1 amide bonds. The van der Waals surface area contributed by atoms with Crippen LogP contribution >= 0.6 is 0 Å². The van der Waals surface area contributed by atoms with Crippen molar-refractivity contribution in [2.24, 2.45) is 0 Å². The first-order valence-electron chi connectivity index (χ1n) is 6.40. The zero-order chi connectivity index (χ0) is 13.4. The highest BCUT2D eigenvalue weighted by atomic mass is 16.1. The topological polar surface area (TPSA) is 26.8 Å². The maximum absolute atomic E-state index is 10.6. The summed E-state index contributed by atoms with van der Waals surface area (Å²) in [5.41, 5.74) is 0. The average molecular weight is 243 g/mol. The van der Waals surface area contributed by atoms with E-state index in [4.69, 9.17) is 0 Å². The monoisotopic (exact) mass is 243 g/mol. The van der Waals surface area contributed by atoms with E-state index in [0.29, 0.717) is 12.1 Å². The zero-order valence-electron chi connectivity index (χ0n) is 12.3. The van der Waals surface area contributed by atoms with Gasteiger partial charge in [0, 0.05) is 25.2 Å². The van der Waals surface area contributed by atoms with Crippen molar-refractivity contribution in [2.75, 3.05) is 41.3 Å². The summed E-state index contributed by atoms with van der Waals surface area (Å²) in [6.45, 7) is 6.23. The number of hydrogen-bond donors (Lipinski definition) is 0. The van der Waals surface area contributed by atoms with E-state index >= 15 is 0 Å². The number of likely N-dealkylation sites (N-methyl/N-ethyl adjacent to an activating group) is 1. The van der Waals surface area contributed by atoms with Gasteiger partial charge in [-0.25, -0.2) is 0 Å². The van der Waals surface area contributed by atoms with E-state index in [1.807, 2.05) is 30.9 Å². The number of carbonyl (C=O) groups excluding carboxylic acids is 1. The van der Waals surface area contributed by atoms with Crippen molar-refractivity contribution < 1.29 is 4.79 Å². The molecule has 0 N–H and O–H groups in total. The van der Waals surface area contributed by atoms with Crippen molar-refractivity contribution in [1.29, 1.82) is 0 Å². The number of likely N-dealkylation sites (tertiary alicyclic amines) is 1. The van der Waals surface area contributed by atoms with Gasteiger partial charge in [-0.2, -0.15) is 0 Å². The third-order valence-corrected chi connectivity index (χ3v) is 2.97. The van der Waals surface area contributed by atoms with Crippen LogP contribution in [0.3, 0.4) is 0 Å². The summed E-state index contributed by atoms with van der Waals surface area (Å²) >= 11 is 0. The van der Waals surface area contributed by atoms with Crippen molar-refractivity contribution in [3.63, 3.8) is 0 Å². The minimum Gasteiger partial charge on any atom is -0.344 e. The number of carbonyl (C=O) groups is 1. The first-order valence-corrected chi connectivity index (χ1v) is 6.40. The van der Waals surface area contributed by atoms with Crippen molar-refractivity contribution in [3.8, 4) is 0 Å². The van der Waals surface area contributed by atoms with Gasteiger partial charge in [0.05, 0.1) is 0 Å². The third-order valence-electron chi connectivity index (χ3n) is 2.97. The normalized spacial score (nSPS) is 20.5. The predicted octanol–water partition coefficient (Wildman–Crippen LogP) is 1.13. The summed E-state index contributed by atoms with van der Waals surface area (Å²) < 4.78 is 0. The van der Waals surface area contributed by atoms with Gasteiger partial charge in [-0.15, -0.1) is 0 Å². The van der Waals surface area contributed by atoms with Crippen LogP contribution in [-0.4, -0.2) is 74.5 Å². The van der Waals surface area contributed by atoms with Gasteiger partial charge in [0.15, 0.2) is 0 Å². The van der Waals surface area contributed by atoms with Gasteiger partial charge < -0.3 is 9.80 Å². The molecule has 1 fully saturated rings. The number of nitrogens with zero attached hydrogens (tertiary/aromatic N) is 3. The van der Waals surface area contributed by atoms with Crippen LogP contribution in [0.15, 0.2) is 0 Å². The molecule has 0 aliphatic carbocycles. The van der Waals surface area contributed by atoms with E-state index in [1.165, 1.54) is 6.42 Å². The van der Waals surface area contributed by atoms with Gasteiger partial charge in [0.1, 0.15) is 0 Å². The van der Waals surface area contributed by atoms with E-state index < -0.39 is 0 Å². The summed E-state index contributed by atoms with van der Waals surface area (Å²) in [6.07, 6.45) is 3.33. The van der Waals surface area contributed by atoms with Crippen LogP contribution in [0.1, 0.15) is 26.7 Å². The molecule has 1 rings (SSSR count). The molecule has 1 aliphatic rings. The highest BCUT2D eigenvalue weighted by molar-refractivity contribution is 5.47. The van der Waals surface area contributed by atoms with Crippen molar-refractivity contribution in [1.82, 2.24) is 14.7 Å². The number of rotatable bonds is 3. The number of amides is 1. The van der Waals surface area contributed by atoms with Crippen LogP contribution in [0.4, 0.5) is 0 Å². The Morgan fingerprint density at radius 2 is 1.76 bits per heavy atom. The lowest BCUT2D eigenvalue weighted by Crippen LogP contribution is -2.48. The van der Waals surface area contributed by atoms with Gasteiger partial charge in [0.2, 0.25) is 6.41 Å². The molecular weight excluding hydrogens is 214 g/mol. The molecule has 102 valence electrons. The second-order valence-electron chi connectivity index (χ2n) is 5.50. The minimum absolute atomic E-state index is 0.555. The Balaban J connectivity index is 0.000000557. The molecule has 0 aromatic carbocycles. The molecule has 1 saturated heterocycles. The summed E-state index contributed by atoms with van der Waals surface area (Å²) in [5.74, 6) is 0. The Morgan fingerprint density at radius 1 is 1.24 bits per heavy atom. The third kappa shape index (κ3) is 7.34. The Kier molecular flexibility index (Phi) is 8.17. The van der Waals surface area contributed by atoms with E-state index in [9.17, 15) is 4.79 Å². The summed E-state index contributed by atoms with van der Waals surface area (Å²) in [7, 11) is 8.14. The van der Waals surface area contributed by atoms with Gasteiger partial charge in [0.25, 0.3) is 0 Å². The van der Waals surface area contributed by atoms with Crippen LogP contribution in [-0.2, 0) is 4.79 Å². The molecule has 1 aliphatic heterocycles. The molecule has 1 unspecified atom stereocenters. The fraction of sp³-hybridized carbons (Fsp3) is 0.923. The maximum Gasteiger partial charge on any atom is 0.209 e. The highest BCUT2D eigenvalue weighted by Gasteiger charge is 2.23. The van der Waals surface area contributed by atoms with Gasteiger partial charge >= 0.3 is 0 Å². The molecule has 17 heavy (non-hydrogen) atoms. The van der Waals surface area contributed by atoms with E-state index in [2.05, 4.69) is 25.8 Å². The first kappa shape index (κ1) is 16.4. The maximum atomic E-state index is 10.6. The largest absolute Gasteiger partial charge is 0.344 e. The molecule has 1 atom stereocenters. The molecule has 0 aromatic heterocycles. The predicted molar refractivity (Wildman–Crippen MR) is 73.2 cm³/mol. The van der Waals surface area contributed by atoms with E-state index in [-0.39, 0.29) is 0 Å². The smallest absolute Gasteiger partial charge is 0.209 e. The lowest BCUT2D eigenvalue weighted by molar-refractivity contribution is -0.120. The number of hydrogen-bond acceptors (Lipinski definition) is 3. The molecule has 0 spiro atoms. The fourth-order valence-electron chi connectivity index (χ4n) is 1.83. The summed E-state index contributed by atoms with van der Waals surface area (Å²) in [6, 6.07) is 1.12. The lowest BCUT2D eigenvalue weighted by atomic mass is 10.0. The molecule has 4 heteroatoms. The minimum atomic E-state index is 0.555. The Morgan fingerprint density at radius 3 is 2.18 bits per heavy atom. The Hall–Kier alpha value is -0.610. The van der Waals surface area contributed by atoms with Gasteiger partial charge in [-0.05, 0) is 54.9 Å². The van der Waals surface area contributed by atoms with Crippen LogP contribution in [0, 0.1) is 0 Å². The van der Waals surface area contributed by atoms with Crippen molar-refractivity contribution >= 4 is 6.41 Å². The Bertz CT molecular complexity index is 204. The molecular formula is C13H29N3O. The standard InChI is InChI=1S/C10H20N2O.C3H9N/c1-9(2)11(3)10-5-4-6-12(7-10)8-13;1-4(2)3/h8-10H,4-7H2,1-3H3;1-3H3. The van der Waals surface area contributed by atoms with Gasteiger partial charge in [-0.1, -0.05) is 0 Å². The molecule has 0 aromatic rings. The highest BCUT2D eigenvalue weighted by Crippen LogP contribution is 2.15. The van der Waals surface area contributed by atoms with E-state index in [1.54, 1.807) is 0 Å². The quantitative estimate of drug-likeness (QED) is 0.695. The zero-order valence-corrected chi connectivity index (χ0v) is 12.3. The second kappa shape index (κ2) is 8.48. The van der Waals surface area contributed by atoms with Crippen LogP contribution in [0.2, 0.25) is 0 Å². The summed E-state index contributed by atoms with van der Waals surface area (Å²) in [5, 5.41) is 0. The lowest BCUT2D eigenvalue weighted by Gasteiger charge is -2.37. The molecule has 1 heterocycles. The molecule has 0 saturated carbocycles. The van der Waals surface area contributed by atoms with Crippen LogP contribution in [0.5, 0.6) is 0 Å². The number of piperidine rings is 1. The van der Waals surface area contributed by atoms with E-state index in [0.717, 1.165) is 25.9 Å². The van der Waals surface area contributed by atoms with Crippen LogP contribution in [0.25, 0.3) is 0 Å². The second-order valence-corrected chi connectivity index (χ2v) is 5.50. The first-order chi connectivity index (χ1) is 7.88. The molecule has 4 nitrogen and oxygen atoms in total. The average Bonchev–Trinajstić information content (AvgIpc) is 2.27.